The Hall–Kier alpha value is -1.95. The molecule has 2 aromatic rings. The van der Waals surface area contributed by atoms with Crippen molar-refractivity contribution in [3.8, 4) is 5.75 Å². The Bertz CT molecular complexity index is 756. The summed E-state index contributed by atoms with van der Waals surface area (Å²) in [5.41, 5.74) is 3.31. The van der Waals surface area contributed by atoms with Gasteiger partial charge in [0.25, 0.3) is 0 Å². The van der Waals surface area contributed by atoms with E-state index in [9.17, 15) is 0 Å². The summed E-state index contributed by atoms with van der Waals surface area (Å²) in [5.74, 6) is 0.900. The summed E-state index contributed by atoms with van der Waals surface area (Å²) in [6, 6.07) is 14.4. The van der Waals surface area contributed by atoms with Crippen LogP contribution in [0.1, 0.15) is 29.8 Å². The van der Waals surface area contributed by atoms with Gasteiger partial charge >= 0.3 is 0 Å². The fraction of sp³-hybridized carbons (Fsp3) is 0.500. The second-order valence-electron chi connectivity index (χ2n) is 7.72. The summed E-state index contributed by atoms with van der Waals surface area (Å²) in [4.78, 5) is 6.96. The summed E-state index contributed by atoms with van der Waals surface area (Å²) in [6.45, 7) is 6.27. The largest absolute Gasteiger partial charge is 0.497 e. The van der Waals surface area contributed by atoms with E-state index in [2.05, 4.69) is 22.0 Å². The standard InChI is InChI=1S/C22H28N2O3/c1-17-4-3-5-19(23-17)14-26-21-10-11-27-22(12-21)15-24(16-22)13-18-6-8-20(25-2)9-7-18/h3-9,21H,10-16H2,1-2H3. The van der Waals surface area contributed by atoms with Crippen LogP contribution in [-0.2, 0) is 22.6 Å². The number of methoxy groups -OCH3 is 1. The minimum Gasteiger partial charge on any atom is -0.497 e. The molecular weight excluding hydrogens is 340 g/mol. The molecule has 1 spiro atoms. The predicted molar refractivity (Wildman–Crippen MR) is 104 cm³/mol. The molecule has 2 aliphatic rings. The van der Waals surface area contributed by atoms with Crippen LogP contribution in [0.2, 0.25) is 0 Å². The molecule has 0 amide bonds. The molecule has 1 aromatic carbocycles. The smallest absolute Gasteiger partial charge is 0.118 e. The molecular formula is C22H28N2O3. The second-order valence-corrected chi connectivity index (χ2v) is 7.72. The van der Waals surface area contributed by atoms with Crippen molar-refractivity contribution in [2.24, 2.45) is 0 Å². The minimum absolute atomic E-state index is 0.0323. The van der Waals surface area contributed by atoms with E-state index >= 15 is 0 Å². The molecule has 0 saturated carbocycles. The van der Waals surface area contributed by atoms with Crippen molar-refractivity contribution >= 4 is 0 Å². The van der Waals surface area contributed by atoms with E-state index in [4.69, 9.17) is 14.2 Å². The number of likely N-dealkylation sites (tertiary alicyclic amines) is 1. The van der Waals surface area contributed by atoms with Crippen molar-refractivity contribution in [2.75, 3.05) is 26.8 Å². The van der Waals surface area contributed by atoms with Crippen LogP contribution >= 0.6 is 0 Å². The fourth-order valence-corrected chi connectivity index (χ4v) is 4.10. The van der Waals surface area contributed by atoms with Crippen LogP contribution in [0.5, 0.6) is 5.75 Å². The van der Waals surface area contributed by atoms with E-state index in [1.54, 1.807) is 7.11 Å². The molecule has 1 unspecified atom stereocenters. The fourth-order valence-electron chi connectivity index (χ4n) is 4.10. The van der Waals surface area contributed by atoms with E-state index in [1.807, 2.05) is 37.3 Å². The number of pyridine rings is 1. The van der Waals surface area contributed by atoms with Crippen molar-refractivity contribution in [1.29, 1.82) is 0 Å². The lowest BCUT2D eigenvalue weighted by Gasteiger charge is -2.53. The first-order chi connectivity index (χ1) is 13.1. The van der Waals surface area contributed by atoms with E-state index < -0.39 is 0 Å². The zero-order valence-electron chi connectivity index (χ0n) is 16.2. The molecule has 0 N–H and O–H groups in total. The van der Waals surface area contributed by atoms with Gasteiger partial charge in [0, 0.05) is 38.4 Å². The Morgan fingerprint density at radius 2 is 2.00 bits per heavy atom. The van der Waals surface area contributed by atoms with Crippen LogP contribution in [0, 0.1) is 6.92 Å². The van der Waals surface area contributed by atoms with E-state index in [0.29, 0.717) is 6.61 Å². The van der Waals surface area contributed by atoms with Gasteiger partial charge in [-0.25, -0.2) is 0 Å². The first-order valence-electron chi connectivity index (χ1n) is 9.68. The number of hydrogen-bond acceptors (Lipinski definition) is 5. The molecule has 0 radical (unpaired) electrons. The lowest BCUT2D eigenvalue weighted by atomic mass is 9.84. The molecule has 5 nitrogen and oxygen atoms in total. The Morgan fingerprint density at radius 3 is 2.74 bits per heavy atom. The number of aromatic nitrogens is 1. The Balaban J connectivity index is 1.26. The average molecular weight is 368 g/mol. The number of benzene rings is 1. The molecule has 3 heterocycles. The summed E-state index contributed by atoms with van der Waals surface area (Å²) in [5, 5.41) is 0. The highest BCUT2D eigenvalue weighted by Crippen LogP contribution is 2.36. The summed E-state index contributed by atoms with van der Waals surface area (Å²) in [6.07, 6.45) is 2.19. The van der Waals surface area contributed by atoms with E-state index in [1.165, 1.54) is 5.56 Å². The van der Waals surface area contributed by atoms with Gasteiger partial charge in [0.05, 0.1) is 31.1 Å². The van der Waals surface area contributed by atoms with Crippen LogP contribution in [0.25, 0.3) is 0 Å². The van der Waals surface area contributed by atoms with Gasteiger partial charge in [0.15, 0.2) is 0 Å². The highest BCUT2D eigenvalue weighted by atomic mass is 16.5. The first kappa shape index (κ1) is 18.4. The van der Waals surface area contributed by atoms with Crippen LogP contribution < -0.4 is 4.74 Å². The molecule has 2 saturated heterocycles. The average Bonchev–Trinajstić information content (AvgIpc) is 2.66. The normalized spacial score (nSPS) is 21.8. The molecule has 144 valence electrons. The quantitative estimate of drug-likeness (QED) is 0.782. The van der Waals surface area contributed by atoms with E-state index in [-0.39, 0.29) is 11.7 Å². The highest BCUT2D eigenvalue weighted by molar-refractivity contribution is 5.27. The Morgan fingerprint density at radius 1 is 1.19 bits per heavy atom. The summed E-state index contributed by atoms with van der Waals surface area (Å²) >= 11 is 0. The molecule has 2 fully saturated rings. The van der Waals surface area contributed by atoms with Gasteiger partial charge in [-0.1, -0.05) is 18.2 Å². The van der Waals surface area contributed by atoms with Crippen LogP contribution in [-0.4, -0.2) is 48.4 Å². The molecule has 1 atom stereocenters. The SMILES string of the molecule is COc1ccc(CN2CC3(CC(OCc4cccc(C)n4)CCO3)C2)cc1. The second kappa shape index (κ2) is 7.97. The van der Waals surface area contributed by atoms with Crippen LogP contribution in [0.4, 0.5) is 0 Å². The van der Waals surface area contributed by atoms with Crippen LogP contribution in [0.3, 0.4) is 0 Å². The Labute approximate surface area is 161 Å². The maximum absolute atomic E-state index is 6.16. The monoisotopic (exact) mass is 368 g/mol. The zero-order valence-corrected chi connectivity index (χ0v) is 16.2. The van der Waals surface area contributed by atoms with Crippen molar-refractivity contribution < 1.29 is 14.2 Å². The van der Waals surface area contributed by atoms with Crippen LogP contribution in [0.15, 0.2) is 42.5 Å². The maximum Gasteiger partial charge on any atom is 0.118 e. The van der Waals surface area contributed by atoms with Gasteiger partial charge in [0.2, 0.25) is 0 Å². The zero-order chi connectivity index (χ0) is 18.7. The molecule has 27 heavy (non-hydrogen) atoms. The number of ether oxygens (including phenoxy) is 3. The molecule has 0 aliphatic carbocycles. The molecule has 1 aromatic heterocycles. The van der Waals surface area contributed by atoms with Crippen molar-refractivity contribution in [1.82, 2.24) is 9.88 Å². The van der Waals surface area contributed by atoms with E-state index in [0.717, 1.165) is 56.2 Å². The highest BCUT2D eigenvalue weighted by Gasteiger charge is 2.47. The molecule has 5 heteroatoms. The van der Waals surface area contributed by atoms with Gasteiger partial charge in [0.1, 0.15) is 5.75 Å². The topological polar surface area (TPSA) is 43.8 Å². The van der Waals surface area contributed by atoms with Crippen molar-refractivity contribution in [3.05, 3.63) is 59.4 Å². The van der Waals surface area contributed by atoms with Gasteiger partial charge in [-0.05, 0) is 43.2 Å². The number of hydrogen-bond donors (Lipinski definition) is 0. The third-order valence-corrected chi connectivity index (χ3v) is 5.45. The molecule has 4 rings (SSSR count). The lowest BCUT2D eigenvalue weighted by molar-refractivity contribution is -0.200. The molecule has 2 aliphatic heterocycles. The van der Waals surface area contributed by atoms with Gasteiger partial charge in [-0.2, -0.15) is 0 Å². The number of rotatable bonds is 6. The predicted octanol–water partition coefficient (Wildman–Crippen LogP) is 3.35. The maximum atomic E-state index is 6.16. The Kier molecular flexibility index (Phi) is 5.43. The van der Waals surface area contributed by atoms with Gasteiger partial charge in [-0.3, -0.25) is 9.88 Å². The third-order valence-electron chi connectivity index (χ3n) is 5.45. The van der Waals surface area contributed by atoms with Crippen molar-refractivity contribution in [2.45, 2.75) is 44.6 Å². The van der Waals surface area contributed by atoms with Gasteiger partial charge < -0.3 is 14.2 Å². The minimum atomic E-state index is -0.0323. The summed E-state index contributed by atoms with van der Waals surface area (Å²) in [7, 11) is 1.70. The summed E-state index contributed by atoms with van der Waals surface area (Å²) < 4.78 is 17.5. The first-order valence-corrected chi connectivity index (χ1v) is 9.68. The van der Waals surface area contributed by atoms with Crippen molar-refractivity contribution in [3.63, 3.8) is 0 Å². The number of aryl methyl sites for hydroxylation is 1. The molecule has 0 bridgehead atoms. The van der Waals surface area contributed by atoms with Gasteiger partial charge in [-0.15, -0.1) is 0 Å². The lowest BCUT2D eigenvalue weighted by Crippen LogP contribution is -2.65. The third kappa shape index (κ3) is 4.49. The number of nitrogens with zero attached hydrogens (tertiary/aromatic N) is 2.